The number of carbonyl (C=O) groups is 1. The summed E-state index contributed by atoms with van der Waals surface area (Å²) in [5.74, 6) is 1.06. The molecule has 1 amide bonds. The van der Waals surface area contributed by atoms with E-state index in [-0.39, 0.29) is 5.91 Å². The number of amides is 1. The third kappa shape index (κ3) is 3.18. The van der Waals surface area contributed by atoms with Gasteiger partial charge in [-0.25, -0.2) is 4.98 Å². The molecule has 3 rings (SSSR count). The molecule has 0 saturated carbocycles. The highest BCUT2D eigenvalue weighted by atomic mass is 35.5. The number of halogens is 1. The number of nitrogens with zero attached hydrogens (tertiary/aromatic N) is 2. The van der Waals surface area contributed by atoms with Gasteiger partial charge in [0.25, 0.3) is 5.91 Å². The Hall–Kier alpha value is -2.59. The molecule has 0 fully saturated rings. The Kier molecular flexibility index (Phi) is 4.21. The SMILES string of the molecule is O=C(c1cccc(Cl)c1)N(Cc1ccco1)c1ccccn1. The Bertz CT molecular complexity index is 757. The molecule has 3 aromatic rings. The van der Waals surface area contributed by atoms with Crippen molar-refractivity contribution in [1.82, 2.24) is 4.98 Å². The molecular weight excluding hydrogens is 300 g/mol. The molecule has 0 aliphatic rings. The molecule has 110 valence electrons. The van der Waals surface area contributed by atoms with Crippen LogP contribution in [0.15, 0.2) is 71.5 Å². The molecule has 22 heavy (non-hydrogen) atoms. The minimum atomic E-state index is -0.183. The van der Waals surface area contributed by atoms with Gasteiger partial charge in [-0.05, 0) is 42.5 Å². The Labute approximate surface area is 133 Å². The number of furan rings is 1. The Morgan fingerprint density at radius 3 is 2.73 bits per heavy atom. The summed E-state index contributed by atoms with van der Waals surface area (Å²) < 4.78 is 5.35. The summed E-state index contributed by atoms with van der Waals surface area (Å²) in [6, 6.07) is 15.9. The van der Waals surface area contributed by atoms with Crippen LogP contribution in [-0.2, 0) is 6.54 Å². The van der Waals surface area contributed by atoms with Crippen LogP contribution in [0, 0.1) is 0 Å². The minimum absolute atomic E-state index is 0.183. The molecule has 0 unspecified atom stereocenters. The predicted molar refractivity (Wildman–Crippen MR) is 84.9 cm³/mol. The number of aromatic nitrogens is 1. The quantitative estimate of drug-likeness (QED) is 0.726. The topological polar surface area (TPSA) is 46.3 Å². The van der Waals surface area contributed by atoms with Crippen molar-refractivity contribution in [1.29, 1.82) is 0 Å². The van der Waals surface area contributed by atoms with E-state index in [1.54, 1.807) is 59.8 Å². The van der Waals surface area contributed by atoms with E-state index in [0.717, 1.165) is 0 Å². The average molecular weight is 313 g/mol. The molecule has 1 aromatic carbocycles. The summed E-state index contributed by atoms with van der Waals surface area (Å²) in [6.07, 6.45) is 3.23. The highest BCUT2D eigenvalue weighted by Crippen LogP contribution is 2.19. The number of carbonyl (C=O) groups excluding carboxylic acids is 1. The fourth-order valence-corrected chi connectivity index (χ4v) is 2.30. The zero-order chi connectivity index (χ0) is 15.4. The Morgan fingerprint density at radius 2 is 2.05 bits per heavy atom. The van der Waals surface area contributed by atoms with Crippen molar-refractivity contribution in [3.8, 4) is 0 Å². The van der Waals surface area contributed by atoms with Gasteiger partial charge < -0.3 is 4.42 Å². The summed E-state index contributed by atoms with van der Waals surface area (Å²) in [7, 11) is 0. The van der Waals surface area contributed by atoms with Gasteiger partial charge in [-0.3, -0.25) is 9.69 Å². The molecule has 0 aliphatic heterocycles. The van der Waals surface area contributed by atoms with Crippen LogP contribution < -0.4 is 4.90 Å². The van der Waals surface area contributed by atoms with E-state index in [2.05, 4.69) is 4.98 Å². The molecule has 0 saturated heterocycles. The first-order chi connectivity index (χ1) is 10.7. The first-order valence-corrected chi connectivity index (χ1v) is 7.13. The average Bonchev–Trinajstić information content (AvgIpc) is 3.06. The standard InChI is InChI=1S/C17H13ClN2O2/c18-14-6-3-5-13(11-14)17(21)20(12-15-7-4-10-22-15)16-8-1-2-9-19-16/h1-11H,12H2. The van der Waals surface area contributed by atoms with Gasteiger partial charge in [-0.1, -0.05) is 23.7 Å². The van der Waals surface area contributed by atoms with Crippen LogP contribution in [0.1, 0.15) is 16.1 Å². The minimum Gasteiger partial charge on any atom is -0.467 e. The van der Waals surface area contributed by atoms with Crippen LogP contribution in [-0.4, -0.2) is 10.9 Å². The largest absolute Gasteiger partial charge is 0.467 e. The van der Waals surface area contributed by atoms with E-state index in [9.17, 15) is 4.79 Å². The van der Waals surface area contributed by atoms with E-state index in [4.69, 9.17) is 16.0 Å². The normalized spacial score (nSPS) is 10.4. The van der Waals surface area contributed by atoms with Crippen molar-refractivity contribution in [3.63, 3.8) is 0 Å². The summed E-state index contributed by atoms with van der Waals surface area (Å²) >= 11 is 5.98. The Balaban J connectivity index is 1.96. The monoisotopic (exact) mass is 312 g/mol. The first kappa shape index (κ1) is 14.4. The van der Waals surface area contributed by atoms with Crippen LogP contribution in [0.3, 0.4) is 0 Å². The smallest absolute Gasteiger partial charge is 0.259 e. The van der Waals surface area contributed by atoms with Crippen molar-refractivity contribution in [3.05, 3.63) is 83.4 Å². The number of anilines is 1. The fraction of sp³-hybridized carbons (Fsp3) is 0.0588. The fourth-order valence-electron chi connectivity index (χ4n) is 2.11. The molecule has 2 heterocycles. The third-order valence-electron chi connectivity index (χ3n) is 3.14. The molecule has 0 radical (unpaired) electrons. The van der Waals surface area contributed by atoms with Gasteiger partial charge in [0.05, 0.1) is 12.8 Å². The van der Waals surface area contributed by atoms with Gasteiger partial charge in [0.2, 0.25) is 0 Å². The molecule has 4 nitrogen and oxygen atoms in total. The van der Waals surface area contributed by atoms with Crippen LogP contribution in [0.5, 0.6) is 0 Å². The van der Waals surface area contributed by atoms with Crippen molar-refractivity contribution < 1.29 is 9.21 Å². The molecule has 0 atom stereocenters. The van der Waals surface area contributed by atoms with Gasteiger partial charge in [-0.2, -0.15) is 0 Å². The lowest BCUT2D eigenvalue weighted by molar-refractivity contribution is 0.0982. The maximum absolute atomic E-state index is 12.8. The summed E-state index contributed by atoms with van der Waals surface area (Å²) in [6.45, 7) is 0.301. The molecular formula is C17H13ClN2O2. The van der Waals surface area contributed by atoms with Crippen LogP contribution in [0.2, 0.25) is 5.02 Å². The number of rotatable bonds is 4. The predicted octanol–water partition coefficient (Wildman–Crippen LogP) is 4.18. The van der Waals surface area contributed by atoms with Crippen LogP contribution in [0.4, 0.5) is 5.82 Å². The highest BCUT2D eigenvalue weighted by Gasteiger charge is 2.20. The maximum Gasteiger partial charge on any atom is 0.259 e. The zero-order valence-electron chi connectivity index (χ0n) is 11.6. The lowest BCUT2D eigenvalue weighted by Crippen LogP contribution is -2.31. The second-order valence-corrected chi connectivity index (χ2v) is 5.11. The zero-order valence-corrected chi connectivity index (χ0v) is 12.4. The molecule has 5 heteroatoms. The van der Waals surface area contributed by atoms with E-state index in [1.807, 2.05) is 12.1 Å². The Morgan fingerprint density at radius 1 is 1.14 bits per heavy atom. The number of pyridine rings is 1. The lowest BCUT2D eigenvalue weighted by atomic mass is 10.2. The summed E-state index contributed by atoms with van der Waals surface area (Å²) in [5, 5.41) is 0.518. The third-order valence-corrected chi connectivity index (χ3v) is 3.37. The first-order valence-electron chi connectivity index (χ1n) is 6.75. The van der Waals surface area contributed by atoms with Gasteiger partial charge in [0, 0.05) is 16.8 Å². The van der Waals surface area contributed by atoms with Crippen molar-refractivity contribution in [2.75, 3.05) is 4.90 Å². The lowest BCUT2D eigenvalue weighted by Gasteiger charge is -2.20. The van der Waals surface area contributed by atoms with Gasteiger partial charge in [0.15, 0.2) is 0 Å². The maximum atomic E-state index is 12.8. The molecule has 0 N–H and O–H groups in total. The summed E-state index contributed by atoms with van der Waals surface area (Å²) in [5.41, 5.74) is 0.504. The van der Waals surface area contributed by atoms with Crippen LogP contribution in [0.25, 0.3) is 0 Å². The van der Waals surface area contributed by atoms with E-state index >= 15 is 0 Å². The van der Waals surface area contributed by atoms with Crippen molar-refractivity contribution >= 4 is 23.3 Å². The number of benzene rings is 1. The van der Waals surface area contributed by atoms with Gasteiger partial charge in [-0.15, -0.1) is 0 Å². The van der Waals surface area contributed by atoms with Crippen molar-refractivity contribution in [2.45, 2.75) is 6.54 Å². The van der Waals surface area contributed by atoms with Gasteiger partial charge in [0.1, 0.15) is 11.6 Å². The highest BCUT2D eigenvalue weighted by molar-refractivity contribution is 6.31. The van der Waals surface area contributed by atoms with E-state index in [1.165, 1.54) is 0 Å². The van der Waals surface area contributed by atoms with E-state index < -0.39 is 0 Å². The number of hydrogen-bond acceptors (Lipinski definition) is 3. The molecule has 2 aromatic heterocycles. The molecule has 0 spiro atoms. The van der Waals surface area contributed by atoms with Crippen molar-refractivity contribution in [2.24, 2.45) is 0 Å². The second-order valence-electron chi connectivity index (χ2n) is 4.67. The second kappa shape index (κ2) is 6.45. The molecule has 0 aliphatic carbocycles. The molecule has 0 bridgehead atoms. The van der Waals surface area contributed by atoms with Crippen LogP contribution >= 0.6 is 11.6 Å². The van der Waals surface area contributed by atoms with Gasteiger partial charge >= 0.3 is 0 Å². The number of hydrogen-bond donors (Lipinski definition) is 0. The van der Waals surface area contributed by atoms with E-state index in [0.29, 0.717) is 28.7 Å². The summed E-state index contributed by atoms with van der Waals surface area (Å²) in [4.78, 5) is 18.6.